The normalized spacial score (nSPS) is 20.1. The largest absolute Gasteiger partial charge is 0.369 e. The van der Waals surface area contributed by atoms with E-state index in [1.807, 2.05) is 12.1 Å². The second kappa shape index (κ2) is 3.83. The Balaban J connectivity index is 2.01. The van der Waals surface area contributed by atoms with Crippen molar-refractivity contribution in [3.63, 3.8) is 0 Å². The molecule has 3 rings (SSSR count). The molecule has 1 unspecified atom stereocenters. The predicted octanol–water partition coefficient (Wildman–Crippen LogP) is 0.437. The Morgan fingerprint density at radius 2 is 2.22 bits per heavy atom. The van der Waals surface area contributed by atoms with E-state index in [1.165, 1.54) is 0 Å². The van der Waals surface area contributed by atoms with Gasteiger partial charge < -0.3 is 5.73 Å². The zero-order valence-corrected chi connectivity index (χ0v) is 9.59. The minimum Gasteiger partial charge on any atom is -0.369 e. The van der Waals surface area contributed by atoms with E-state index in [1.54, 1.807) is 16.8 Å². The van der Waals surface area contributed by atoms with Crippen LogP contribution in [0.15, 0.2) is 24.5 Å². The zero-order valence-electron chi connectivity index (χ0n) is 9.59. The van der Waals surface area contributed by atoms with Crippen LogP contribution >= 0.6 is 0 Å². The quantitative estimate of drug-likeness (QED) is 0.712. The van der Waals surface area contributed by atoms with Gasteiger partial charge in [-0.1, -0.05) is 6.07 Å². The summed E-state index contributed by atoms with van der Waals surface area (Å²) in [6.07, 6.45) is 4.37. The van der Waals surface area contributed by atoms with Crippen molar-refractivity contribution in [1.29, 1.82) is 0 Å². The maximum absolute atomic E-state index is 11.8. The van der Waals surface area contributed by atoms with Gasteiger partial charge in [0.2, 0.25) is 17.8 Å². The van der Waals surface area contributed by atoms with Crippen molar-refractivity contribution in [1.82, 2.24) is 14.7 Å². The van der Waals surface area contributed by atoms with Crippen molar-refractivity contribution < 1.29 is 9.59 Å². The molecule has 1 atom stereocenters. The molecule has 6 nitrogen and oxygen atoms in total. The number of imidazole rings is 1. The Labute approximate surface area is 103 Å². The van der Waals surface area contributed by atoms with Crippen LogP contribution in [0.5, 0.6) is 0 Å². The van der Waals surface area contributed by atoms with Crippen LogP contribution in [-0.4, -0.2) is 21.2 Å². The van der Waals surface area contributed by atoms with E-state index in [9.17, 15) is 9.59 Å². The summed E-state index contributed by atoms with van der Waals surface area (Å²) >= 11 is 0. The van der Waals surface area contributed by atoms with Gasteiger partial charge in [0, 0.05) is 12.6 Å². The first kappa shape index (κ1) is 10.8. The van der Waals surface area contributed by atoms with Crippen LogP contribution in [0.25, 0.3) is 5.52 Å². The fourth-order valence-electron chi connectivity index (χ4n) is 2.24. The smallest absolute Gasteiger partial charge is 0.234 e. The zero-order chi connectivity index (χ0) is 12.7. The Morgan fingerprint density at radius 3 is 3.00 bits per heavy atom. The monoisotopic (exact) mass is 244 g/mol. The maximum Gasteiger partial charge on any atom is 0.234 e. The molecule has 0 aliphatic carbocycles. The third-order valence-corrected chi connectivity index (χ3v) is 3.22. The summed E-state index contributed by atoms with van der Waals surface area (Å²) in [4.78, 5) is 26.9. The first-order chi connectivity index (χ1) is 8.65. The van der Waals surface area contributed by atoms with Crippen LogP contribution in [0, 0.1) is 0 Å². The number of nitrogen functional groups attached to an aromatic ring is 1. The summed E-state index contributed by atoms with van der Waals surface area (Å²) < 4.78 is 1.74. The number of nitrogens with two attached hydrogens (primary N) is 1. The molecule has 3 N–H and O–H groups in total. The molecule has 2 aromatic rings. The van der Waals surface area contributed by atoms with Crippen molar-refractivity contribution in [2.24, 2.45) is 0 Å². The van der Waals surface area contributed by atoms with Crippen molar-refractivity contribution in [2.45, 2.75) is 18.8 Å². The molecular weight excluding hydrogens is 232 g/mol. The van der Waals surface area contributed by atoms with Gasteiger partial charge in [-0.3, -0.25) is 19.3 Å². The number of hydrogen-bond donors (Lipinski definition) is 2. The third-order valence-electron chi connectivity index (χ3n) is 3.22. The molecule has 1 aliphatic heterocycles. The van der Waals surface area contributed by atoms with E-state index in [4.69, 9.17) is 5.73 Å². The first-order valence-corrected chi connectivity index (χ1v) is 5.71. The molecule has 1 aliphatic rings. The molecule has 1 fully saturated rings. The Bertz CT molecular complexity index is 647. The van der Waals surface area contributed by atoms with Crippen molar-refractivity contribution in [2.75, 3.05) is 5.73 Å². The topological polar surface area (TPSA) is 89.5 Å². The average molecular weight is 244 g/mol. The molecule has 92 valence electrons. The van der Waals surface area contributed by atoms with E-state index >= 15 is 0 Å². The van der Waals surface area contributed by atoms with Crippen molar-refractivity contribution in [3.8, 4) is 0 Å². The second-order valence-electron chi connectivity index (χ2n) is 4.38. The van der Waals surface area contributed by atoms with Crippen LogP contribution < -0.4 is 11.1 Å². The Kier molecular flexibility index (Phi) is 2.29. The molecule has 0 spiro atoms. The first-order valence-electron chi connectivity index (χ1n) is 5.71. The van der Waals surface area contributed by atoms with Gasteiger partial charge in [-0.2, -0.15) is 0 Å². The Morgan fingerprint density at radius 1 is 1.39 bits per heavy atom. The van der Waals surface area contributed by atoms with Crippen molar-refractivity contribution >= 4 is 23.3 Å². The summed E-state index contributed by atoms with van der Waals surface area (Å²) in [7, 11) is 0. The number of nitrogens with one attached hydrogen (secondary N) is 1. The highest BCUT2D eigenvalue weighted by Gasteiger charge is 2.28. The number of piperidine rings is 1. The summed E-state index contributed by atoms with van der Waals surface area (Å²) in [5.74, 6) is -0.364. The van der Waals surface area contributed by atoms with Gasteiger partial charge in [-0.05, 0) is 18.1 Å². The summed E-state index contributed by atoms with van der Waals surface area (Å²) in [6.45, 7) is 0. The molecule has 2 amide bonds. The standard InChI is InChI=1S/C12H12N4O2/c13-12-14-5-8-2-1-7(6-16(8)12)9-3-4-10(17)15-11(9)18/h1-2,5-6,9H,3-4H2,(H2,13,14)(H,15,17,18). The highest BCUT2D eigenvalue weighted by atomic mass is 16.2. The second-order valence-corrected chi connectivity index (χ2v) is 4.38. The number of imide groups is 1. The van der Waals surface area contributed by atoms with E-state index in [-0.39, 0.29) is 17.7 Å². The third kappa shape index (κ3) is 1.62. The van der Waals surface area contributed by atoms with Crippen LogP contribution in [0.3, 0.4) is 0 Å². The van der Waals surface area contributed by atoms with Gasteiger partial charge >= 0.3 is 0 Å². The number of anilines is 1. The van der Waals surface area contributed by atoms with Gasteiger partial charge in [0.05, 0.1) is 17.6 Å². The number of fused-ring (bicyclic) bond motifs is 1. The maximum atomic E-state index is 11.8. The number of carbonyl (C=O) groups is 2. The number of aromatic nitrogens is 2. The number of amides is 2. The van der Waals surface area contributed by atoms with Gasteiger partial charge in [0.1, 0.15) is 0 Å². The van der Waals surface area contributed by atoms with E-state index in [0.717, 1.165) is 11.1 Å². The lowest BCUT2D eigenvalue weighted by molar-refractivity contribution is -0.134. The summed E-state index contributed by atoms with van der Waals surface area (Å²) in [5, 5.41) is 2.35. The molecular formula is C12H12N4O2. The molecule has 0 bridgehead atoms. The fraction of sp³-hybridized carbons (Fsp3) is 0.250. The van der Waals surface area contributed by atoms with Crippen LogP contribution in [0.1, 0.15) is 24.3 Å². The lowest BCUT2D eigenvalue weighted by Gasteiger charge is -2.21. The number of hydrogen-bond acceptors (Lipinski definition) is 4. The van der Waals surface area contributed by atoms with E-state index < -0.39 is 0 Å². The molecule has 0 saturated carbocycles. The van der Waals surface area contributed by atoms with Gasteiger partial charge in [-0.25, -0.2) is 4.98 Å². The SMILES string of the molecule is Nc1ncc2ccc(C3CCC(=O)NC3=O)cn12. The number of rotatable bonds is 1. The Hall–Kier alpha value is -2.37. The minimum atomic E-state index is -0.297. The molecule has 18 heavy (non-hydrogen) atoms. The molecule has 2 aromatic heterocycles. The van der Waals surface area contributed by atoms with E-state index in [2.05, 4.69) is 10.3 Å². The molecule has 3 heterocycles. The number of nitrogens with zero attached hydrogens (tertiary/aromatic N) is 2. The average Bonchev–Trinajstić information content (AvgIpc) is 2.71. The van der Waals surface area contributed by atoms with Gasteiger partial charge in [-0.15, -0.1) is 0 Å². The lowest BCUT2D eigenvalue weighted by atomic mass is 9.91. The lowest BCUT2D eigenvalue weighted by Crippen LogP contribution is -2.39. The molecule has 6 heteroatoms. The highest BCUT2D eigenvalue weighted by Crippen LogP contribution is 2.25. The van der Waals surface area contributed by atoms with E-state index in [0.29, 0.717) is 18.8 Å². The van der Waals surface area contributed by atoms with Crippen molar-refractivity contribution in [3.05, 3.63) is 30.1 Å². The number of carbonyl (C=O) groups excluding carboxylic acids is 2. The summed E-state index contributed by atoms with van der Waals surface area (Å²) in [6, 6.07) is 3.74. The number of pyridine rings is 1. The van der Waals surface area contributed by atoms with Gasteiger partial charge in [0.15, 0.2) is 0 Å². The molecule has 0 radical (unpaired) electrons. The predicted molar refractivity (Wildman–Crippen MR) is 64.7 cm³/mol. The summed E-state index contributed by atoms with van der Waals surface area (Å²) in [5.41, 5.74) is 7.45. The highest BCUT2D eigenvalue weighted by molar-refractivity contribution is 6.00. The van der Waals surface area contributed by atoms with Gasteiger partial charge in [0.25, 0.3) is 0 Å². The minimum absolute atomic E-state index is 0.209. The molecule has 0 aromatic carbocycles. The fourth-order valence-corrected chi connectivity index (χ4v) is 2.24. The van der Waals surface area contributed by atoms with Crippen LogP contribution in [0.4, 0.5) is 5.95 Å². The molecule has 1 saturated heterocycles. The van der Waals surface area contributed by atoms with Crippen LogP contribution in [-0.2, 0) is 9.59 Å². The van der Waals surface area contributed by atoms with Crippen LogP contribution in [0.2, 0.25) is 0 Å².